The van der Waals surface area contributed by atoms with Crippen molar-refractivity contribution >= 4 is 0 Å². The van der Waals surface area contributed by atoms with E-state index >= 15 is 0 Å². The molecule has 0 amide bonds. The lowest BCUT2D eigenvalue weighted by molar-refractivity contribution is 0.285. The van der Waals surface area contributed by atoms with Gasteiger partial charge in [-0.2, -0.15) is 0 Å². The summed E-state index contributed by atoms with van der Waals surface area (Å²) in [7, 11) is 1.33. The molecule has 2 aromatic rings. The van der Waals surface area contributed by atoms with Crippen molar-refractivity contribution < 1.29 is 18.3 Å². The molecule has 2 rings (SSSR count). The number of nitrogens with zero attached hydrogens (tertiary/aromatic N) is 2. The van der Waals surface area contributed by atoms with Crippen LogP contribution in [-0.4, -0.2) is 17.1 Å². The number of aromatic nitrogens is 2. The number of halogens is 2. The highest BCUT2D eigenvalue weighted by Gasteiger charge is 2.17. The molecule has 0 atom stereocenters. The molecule has 0 N–H and O–H groups in total. The van der Waals surface area contributed by atoms with Crippen LogP contribution < -0.4 is 9.47 Å². The van der Waals surface area contributed by atoms with E-state index in [0.717, 1.165) is 0 Å². The molecule has 1 aromatic carbocycles. The maximum atomic E-state index is 14.0. The van der Waals surface area contributed by atoms with Crippen LogP contribution in [0.5, 0.6) is 11.5 Å². The summed E-state index contributed by atoms with van der Waals surface area (Å²) >= 11 is 0. The molecule has 0 saturated carbocycles. The van der Waals surface area contributed by atoms with E-state index in [2.05, 4.69) is 9.97 Å². The third-order valence-corrected chi connectivity index (χ3v) is 2.80. The van der Waals surface area contributed by atoms with Crippen molar-refractivity contribution in [1.82, 2.24) is 9.97 Å². The summed E-state index contributed by atoms with van der Waals surface area (Å²) in [5, 5.41) is 0. The SMILES string of the molecule is COc1cc(C)c(F)c(COc2cnc(C)nc2)c1F. The molecule has 1 heterocycles. The predicted molar refractivity (Wildman–Crippen MR) is 68.7 cm³/mol. The highest BCUT2D eigenvalue weighted by atomic mass is 19.1. The number of hydrogen-bond donors (Lipinski definition) is 0. The summed E-state index contributed by atoms with van der Waals surface area (Å²) in [6.07, 6.45) is 2.90. The first kappa shape index (κ1) is 14.2. The van der Waals surface area contributed by atoms with Gasteiger partial charge in [0.15, 0.2) is 17.3 Å². The van der Waals surface area contributed by atoms with Gasteiger partial charge < -0.3 is 9.47 Å². The first-order valence-corrected chi connectivity index (χ1v) is 5.96. The van der Waals surface area contributed by atoms with Crippen molar-refractivity contribution in [3.05, 3.63) is 47.0 Å². The molecule has 106 valence electrons. The molecule has 0 radical (unpaired) electrons. The maximum Gasteiger partial charge on any atom is 0.174 e. The topological polar surface area (TPSA) is 44.2 Å². The maximum absolute atomic E-state index is 14.0. The minimum Gasteiger partial charge on any atom is -0.494 e. The van der Waals surface area contributed by atoms with Crippen LogP contribution in [0.3, 0.4) is 0 Å². The second-order valence-electron chi connectivity index (χ2n) is 4.26. The fourth-order valence-corrected chi connectivity index (χ4v) is 1.69. The monoisotopic (exact) mass is 280 g/mol. The van der Waals surface area contributed by atoms with Gasteiger partial charge in [-0.25, -0.2) is 18.7 Å². The Kier molecular flexibility index (Phi) is 4.12. The highest BCUT2D eigenvalue weighted by Crippen LogP contribution is 2.27. The minimum absolute atomic E-state index is 0.0114. The lowest BCUT2D eigenvalue weighted by Gasteiger charge is -2.12. The van der Waals surface area contributed by atoms with Crippen molar-refractivity contribution in [2.75, 3.05) is 7.11 Å². The quantitative estimate of drug-likeness (QED) is 0.863. The van der Waals surface area contributed by atoms with Crippen LogP contribution >= 0.6 is 0 Å². The Balaban J connectivity index is 2.24. The second kappa shape index (κ2) is 5.81. The van der Waals surface area contributed by atoms with Crippen LogP contribution in [0.1, 0.15) is 17.0 Å². The third kappa shape index (κ3) is 2.84. The van der Waals surface area contributed by atoms with Gasteiger partial charge in [-0.15, -0.1) is 0 Å². The van der Waals surface area contributed by atoms with E-state index in [1.165, 1.54) is 32.5 Å². The lowest BCUT2D eigenvalue weighted by Crippen LogP contribution is -2.06. The van der Waals surface area contributed by atoms with Crippen molar-refractivity contribution in [2.24, 2.45) is 0 Å². The standard InChI is InChI=1S/C14H14F2N2O2/c1-8-4-12(19-3)14(16)11(13(8)15)7-20-10-5-17-9(2)18-6-10/h4-6H,7H2,1-3H3. The molecule has 0 fully saturated rings. The van der Waals surface area contributed by atoms with Gasteiger partial charge in [0.1, 0.15) is 18.2 Å². The molecule has 0 bridgehead atoms. The van der Waals surface area contributed by atoms with Crippen molar-refractivity contribution in [3.8, 4) is 11.5 Å². The number of ether oxygens (including phenoxy) is 2. The molecule has 0 saturated heterocycles. The van der Waals surface area contributed by atoms with E-state index in [9.17, 15) is 8.78 Å². The average Bonchev–Trinajstić information content (AvgIpc) is 2.44. The van der Waals surface area contributed by atoms with Crippen molar-refractivity contribution in [3.63, 3.8) is 0 Å². The first-order valence-electron chi connectivity index (χ1n) is 5.96. The molecule has 0 aliphatic carbocycles. The zero-order valence-corrected chi connectivity index (χ0v) is 11.4. The smallest absolute Gasteiger partial charge is 0.174 e. The minimum atomic E-state index is -0.761. The number of hydrogen-bond acceptors (Lipinski definition) is 4. The zero-order valence-electron chi connectivity index (χ0n) is 11.4. The van der Waals surface area contributed by atoms with Gasteiger partial charge in [0.05, 0.1) is 25.1 Å². The molecule has 0 aliphatic heterocycles. The molecule has 0 aliphatic rings. The van der Waals surface area contributed by atoms with E-state index < -0.39 is 11.6 Å². The van der Waals surface area contributed by atoms with E-state index in [1.807, 2.05) is 0 Å². The number of methoxy groups -OCH3 is 1. The molecule has 20 heavy (non-hydrogen) atoms. The third-order valence-electron chi connectivity index (χ3n) is 2.80. The van der Waals surface area contributed by atoms with E-state index in [4.69, 9.17) is 9.47 Å². The summed E-state index contributed by atoms with van der Waals surface area (Å²) in [4.78, 5) is 7.88. The van der Waals surface area contributed by atoms with Crippen LogP contribution in [0.25, 0.3) is 0 Å². The molecule has 4 nitrogen and oxygen atoms in total. The molecular weight excluding hydrogens is 266 g/mol. The molecular formula is C14H14F2N2O2. The van der Waals surface area contributed by atoms with Crippen molar-refractivity contribution in [1.29, 1.82) is 0 Å². The first-order chi connectivity index (χ1) is 9.52. The summed E-state index contributed by atoms with van der Waals surface area (Å²) < 4.78 is 38.1. The van der Waals surface area contributed by atoms with E-state index in [0.29, 0.717) is 17.1 Å². The summed E-state index contributed by atoms with van der Waals surface area (Å²) in [5.41, 5.74) is 0.115. The Morgan fingerprint density at radius 2 is 1.75 bits per heavy atom. The lowest BCUT2D eigenvalue weighted by atomic mass is 10.1. The number of aryl methyl sites for hydroxylation is 2. The van der Waals surface area contributed by atoms with E-state index in [1.54, 1.807) is 6.92 Å². The van der Waals surface area contributed by atoms with Crippen LogP contribution in [0.2, 0.25) is 0 Å². The van der Waals surface area contributed by atoms with Crippen LogP contribution in [-0.2, 0) is 6.61 Å². The van der Waals surface area contributed by atoms with Gasteiger partial charge in [0.2, 0.25) is 0 Å². The van der Waals surface area contributed by atoms with Gasteiger partial charge in [-0.05, 0) is 25.5 Å². The van der Waals surface area contributed by atoms with Crippen LogP contribution in [0.4, 0.5) is 8.78 Å². The zero-order chi connectivity index (χ0) is 14.7. The summed E-state index contributed by atoms with van der Waals surface area (Å²) in [5.74, 6) is -0.482. The molecule has 0 spiro atoms. The van der Waals surface area contributed by atoms with Gasteiger partial charge in [-0.1, -0.05) is 0 Å². The summed E-state index contributed by atoms with van der Waals surface area (Å²) in [6.45, 7) is 3.01. The van der Waals surface area contributed by atoms with E-state index in [-0.39, 0.29) is 17.9 Å². The van der Waals surface area contributed by atoms with Crippen LogP contribution in [0, 0.1) is 25.5 Å². The Morgan fingerprint density at radius 1 is 1.10 bits per heavy atom. The highest BCUT2D eigenvalue weighted by molar-refractivity contribution is 5.37. The Morgan fingerprint density at radius 3 is 2.35 bits per heavy atom. The predicted octanol–water partition coefficient (Wildman–Crippen LogP) is 2.96. The second-order valence-corrected chi connectivity index (χ2v) is 4.26. The fourth-order valence-electron chi connectivity index (χ4n) is 1.69. The largest absolute Gasteiger partial charge is 0.494 e. The van der Waals surface area contributed by atoms with Gasteiger partial charge >= 0.3 is 0 Å². The fraction of sp³-hybridized carbons (Fsp3) is 0.286. The number of benzene rings is 1. The molecule has 1 aromatic heterocycles. The van der Waals surface area contributed by atoms with Gasteiger partial charge in [0.25, 0.3) is 0 Å². The van der Waals surface area contributed by atoms with Crippen molar-refractivity contribution in [2.45, 2.75) is 20.5 Å². The number of rotatable bonds is 4. The Bertz CT molecular complexity index is 616. The molecule has 6 heteroatoms. The Hall–Kier alpha value is -2.24. The van der Waals surface area contributed by atoms with Gasteiger partial charge in [-0.3, -0.25) is 0 Å². The van der Waals surface area contributed by atoms with Crippen LogP contribution in [0.15, 0.2) is 18.5 Å². The normalized spacial score (nSPS) is 10.4. The molecule has 0 unspecified atom stereocenters. The Labute approximate surface area is 115 Å². The average molecular weight is 280 g/mol. The summed E-state index contributed by atoms with van der Waals surface area (Å²) in [6, 6.07) is 1.31. The van der Waals surface area contributed by atoms with Gasteiger partial charge in [0, 0.05) is 0 Å².